The lowest BCUT2D eigenvalue weighted by molar-refractivity contribution is -0.109. The van der Waals surface area contributed by atoms with Gasteiger partial charge < -0.3 is 10.1 Å². The third-order valence-electron chi connectivity index (χ3n) is 4.54. The molecule has 1 aliphatic carbocycles. The molecule has 0 amide bonds. The Balaban J connectivity index is 2.10. The summed E-state index contributed by atoms with van der Waals surface area (Å²) in [7, 11) is 0. The van der Waals surface area contributed by atoms with Crippen LogP contribution in [0.3, 0.4) is 0 Å². The summed E-state index contributed by atoms with van der Waals surface area (Å²) in [6.07, 6.45) is 2.10. The molecule has 1 N–H and O–H groups in total. The van der Waals surface area contributed by atoms with E-state index in [-0.39, 0.29) is 23.4 Å². The van der Waals surface area contributed by atoms with Crippen LogP contribution < -0.4 is 5.32 Å². The molecular formula is C16H21FN2O. The topological polar surface area (TPSA) is 45.0 Å². The number of anilines is 1. The highest BCUT2D eigenvalue weighted by Crippen LogP contribution is 2.47. The van der Waals surface area contributed by atoms with Crippen LogP contribution in [0.1, 0.15) is 39.2 Å². The predicted molar refractivity (Wildman–Crippen MR) is 77.0 cm³/mol. The lowest BCUT2D eigenvalue weighted by Gasteiger charge is -2.53. The SMILES string of the molecule is CCOC1CC(Nc2ccc(C#N)cc2F)C1(C)CC. The monoisotopic (exact) mass is 276 g/mol. The van der Waals surface area contributed by atoms with Gasteiger partial charge in [0, 0.05) is 18.1 Å². The van der Waals surface area contributed by atoms with Crippen molar-refractivity contribution in [3.05, 3.63) is 29.6 Å². The fourth-order valence-electron chi connectivity index (χ4n) is 2.86. The first-order chi connectivity index (χ1) is 9.55. The zero-order valence-electron chi connectivity index (χ0n) is 12.2. The summed E-state index contributed by atoms with van der Waals surface area (Å²) >= 11 is 0. The molecule has 1 aromatic rings. The summed E-state index contributed by atoms with van der Waals surface area (Å²) in [5.74, 6) is -0.373. The molecule has 0 saturated heterocycles. The quantitative estimate of drug-likeness (QED) is 0.891. The van der Waals surface area contributed by atoms with E-state index in [1.54, 1.807) is 12.1 Å². The van der Waals surface area contributed by atoms with Crippen LogP contribution in [-0.2, 0) is 4.74 Å². The summed E-state index contributed by atoms with van der Waals surface area (Å²) < 4.78 is 19.7. The van der Waals surface area contributed by atoms with Gasteiger partial charge in [0.15, 0.2) is 0 Å². The minimum atomic E-state index is -0.373. The molecule has 0 bridgehead atoms. The Hall–Kier alpha value is -1.60. The summed E-state index contributed by atoms with van der Waals surface area (Å²) in [6, 6.07) is 6.68. The van der Waals surface area contributed by atoms with Gasteiger partial charge in [-0.15, -0.1) is 0 Å². The van der Waals surface area contributed by atoms with Crippen LogP contribution in [0.4, 0.5) is 10.1 Å². The maximum Gasteiger partial charge on any atom is 0.147 e. The maximum atomic E-state index is 13.9. The van der Waals surface area contributed by atoms with Crippen molar-refractivity contribution < 1.29 is 9.13 Å². The van der Waals surface area contributed by atoms with Gasteiger partial charge in [-0.25, -0.2) is 4.39 Å². The number of halogens is 1. The molecule has 4 heteroatoms. The van der Waals surface area contributed by atoms with Crippen LogP contribution in [0.15, 0.2) is 18.2 Å². The average molecular weight is 276 g/mol. The number of ether oxygens (including phenoxy) is 1. The van der Waals surface area contributed by atoms with E-state index in [1.807, 2.05) is 13.0 Å². The van der Waals surface area contributed by atoms with Crippen LogP contribution >= 0.6 is 0 Å². The molecule has 2 rings (SSSR count). The van der Waals surface area contributed by atoms with E-state index in [4.69, 9.17) is 10.00 Å². The molecule has 0 aromatic heterocycles. The third kappa shape index (κ3) is 2.51. The van der Waals surface area contributed by atoms with Gasteiger partial charge in [-0.2, -0.15) is 5.26 Å². The molecule has 108 valence electrons. The van der Waals surface area contributed by atoms with E-state index < -0.39 is 0 Å². The number of hydrogen-bond donors (Lipinski definition) is 1. The second kappa shape index (κ2) is 5.80. The summed E-state index contributed by atoms with van der Waals surface area (Å²) in [4.78, 5) is 0. The molecule has 0 radical (unpaired) electrons. The van der Waals surface area contributed by atoms with Crippen LogP contribution in [0.5, 0.6) is 0 Å². The van der Waals surface area contributed by atoms with Gasteiger partial charge in [-0.1, -0.05) is 13.8 Å². The van der Waals surface area contributed by atoms with Gasteiger partial charge in [0.2, 0.25) is 0 Å². The first kappa shape index (κ1) is 14.8. The zero-order valence-corrected chi connectivity index (χ0v) is 12.2. The van der Waals surface area contributed by atoms with Crippen LogP contribution in [-0.4, -0.2) is 18.8 Å². The Morgan fingerprint density at radius 3 is 2.80 bits per heavy atom. The van der Waals surface area contributed by atoms with Crippen molar-refractivity contribution in [3.8, 4) is 6.07 Å². The van der Waals surface area contributed by atoms with Gasteiger partial charge in [-0.3, -0.25) is 0 Å². The molecule has 0 heterocycles. The smallest absolute Gasteiger partial charge is 0.147 e. The Bertz CT molecular complexity index is 526. The van der Waals surface area contributed by atoms with E-state index in [0.717, 1.165) is 12.8 Å². The molecule has 0 aliphatic heterocycles. The van der Waals surface area contributed by atoms with Crippen molar-refractivity contribution in [1.82, 2.24) is 0 Å². The lowest BCUT2D eigenvalue weighted by Crippen LogP contribution is -2.59. The highest BCUT2D eigenvalue weighted by atomic mass is 19.1. The first-order valence-electron chi connectivity index (χ1n) is 7.13. The zero-order chi connectivity index (χ0) is 14.8. The van der Waals surface area contributed by atoms with Crippen molar-refractivity contribution in [2.45, 2.75) is 45.8 Å². The Morgan fingerprint density at radius 2 is 2.25 bits per heavy atom. The van der Waals surface area contributed by atoms with Gasteiger partial charge >= 0.3 is 0 Å². The van der Waals surface area contributed by atoms with Gasteiger partial charge in [0.05, 0.1) is 23.4 Å². The van der Waals surface area contributed by atoms with Crippen molar-refractivity contribution in [2.75, 3.05) is 11.9 Å². The van der Waals surface area contributed by atoms with Gasteiger partial charge in [0.1, 0.15) is 5.82 Å². The Morgan fingerprint density at radius 1 is 1.50 bits per heavy atom. The number of benzene rings is 1. The average Bonchev–Trinajstić information content (AvgIpc) is 2.46. The molecular weight excluding hydrogens is 255 g/mol. The summed E-state index contributed by atoms with van der Waals surface area (Å²) in [5.41, 5.74) is 0.826. The van der Waals surface area contributed by atoms with E-state index in [0.29, 0.717) is 17.9 Å². The largest absolute Gasteiger partial charge is 0.379 e. The van der Waals surface area contributed by atoms with Gasteiger partial charge in [0.25, 0.3) is 0 Å². The number of hydrogen-bond acceptors (Lipinski definition) is 3. The molecule has 1 saturated carbocycles. The molecule has 3 unspecified atom stereocenters. The van der Waals surface area contributed by atoms with E-state index in [9.17, 15) is 4.39 Å². The van der Waals surface area contributed by atoms with E-state index in [1.165, 1.54) is 6.07 Å². The van der Waals surface area contributed by atoms with Crippen LogP contribution in [0.2, 0.25) is 0 Å². The van der Waals surface area contributed by atoms with E-state index in [2.05, 4.69) is 19.2 Å². The molecule has 1 aromatic carbocycles. The number of nitriles is 1. The van der Waals surface area contributed by atoms with Crippen LogP contribution in [0, 0.1) is 22.6 Å². The second-order valence-corrected chi connectivity index (χ2v) is 5.54. The summed E-state index contributed by atoms with van der Waals surface area (Å²) in [5, 5.41) is 12.0. The van der Waals surface area contributed by atoms with Crippen molar-refractivity contribution in [2.24, 2.45) is 5.41 Å². The summed E-state index contributed by atoms with van der Waals surface area (Å²) in [6.45, 7) is 7.01. The van der Waals surface area contributed by atoms with Crippen molar-refractivity contribution in [1.29, 1.82) is 5.26 Å². The molecule has 1 fully saturated rings. The fraction of sp³-hybridized carbons (Fsp3) is 0.562. The Kier molecular flexibility index (Phi) is 4.29. The molecule has 3 nitrogen and oxygen atoms in total. The van der Waals surface area contributed by atoms with Crippen molar-refractivity contribution >= 4 is 5.69 Å². The predicted octanol–water partition coefficient (Wildman–Crippen LogP) is 3.70. The highest BCUT2D eigenvalue weighted by Gasteiger charge is 2.51. The molecule has 3 atom stereocenters. The number of nitrogens with zero attached hydrogens (tertiary/aromatic N) is 1. The lowest BCUT2D eigenvalue weighted by atomic mass is 9.61. The van der Waals surface area contributed by atoms with E-state index >= 15 is 0 Å². The maximum absolute atomic E-state index is 13.9. The standard InChI is InChI=1S/C16H21FN2O/c1-4-16(3)14(9-15(16)20-5-2)19-13-7-6-11(10-18)8-12(13)17/h6-8,14-15,19H,4-5,9H2,1-3H3. The Labute approximate surface area is 119 Å². The molecule has 0 spiro atoms. The molecule has 1 aliphatic rings. The third-order valence-corrected chi connectivity index (χ3v) is 4.54. The van der Waals surface area contributed by atoms with Gasteiger partial charge in [-0.05, 0) is 38.0 Å². The number of nitrogens with one attached hydrogen (secondary N) is 1. The van der Waals surface area contributed by atoms with Crippen molar-refractivity contribution in [3.63, 3.8) is 0 Å². The normalized spacial score (nSPS) is 28.6. The molecule has 20 heavy (non-hydrogen) atoms. The fourth-order valence-corrected chi connectivity index (χ4v) is 2.86. The minimum absolute atomic E-state index is 0.0242. The second-order valence-electron chi connectivity index (χ2n) is 5.54. The highest BCUT2D eigenvalue weighted by molar-refractivity contribution is 5.50. The number of rotatable bonds is 5. The van der Waals surface area contributed by atoms with Crippen LogP contribution in [0.25, 0.3) is 0 Å². The first-order valence-corrected chi connectivity index (χ1v) is 7.13. The minimum Gasteiger partial charge on any atom is -0.379 e.